The third-order valence-electron chi connectivity index (χ3n) is 4.75. The lowest BCUT2D eigenvalue weighted by molar-refractivity contribution is -0.146. The molecule has 1 amide bonds. The standard InChI is InChI=1S/C20H24N2O6.C6H6O/c1-12-5-6-14(16(9-12)27-4)10-13(2)28-17(23)11-22-20(25)18-19(24)15(26-3)7-8-21-18;7-6-4-2-1-3-5-6/h5-9,13,24H,10-11H2,1-4H3,(H,22,25);1-5,7H. The number of benzene rings is 2. The molecule has 0 saturated carbocycles. The number of ether oxygens (including phenoxy) is 3. The Morgan fingerprint density at radius 3 is 2.29 bits per heavy atom. The van der Waals surface area contributed by atoms with E-state index in [-0.39, 0.29) is 18.0 Å². The fourth-order valence-corrected chi connectivity index (χ4v) is 3.07. The average Bonchev–Trinajstić information content (AvgIpc) is 2.84. The number of phenols is 1. The van der Waals surface area contributed by atoms with Crippen LogP contribution in [0.3, 0.4) is 0 Å². The first-order chi connectivity index (χ1) is 16.7. The summed E-state index contributed by atoms with van der Waals surface area (Å²) in [5.41, 5.74) is 1.76. The summed E-state index contributed by atoms with van der Waals surface area (Å²) < 4.78 is 15.6. The lowest BCUT2D eigenvalue weighted by Crippen LogP contribution is -2.33. The lowest BCUT2D eigenvalue weighted by atomic mass is 10.1. The minimum Gasteiger partial charge on any atom is -0.508 e. The predicted molar refractivity (Wildman–Crippen MR) is 130 cm³/mol. The van der Waals surface area contributed by atoms with Crippen molar-refractivity contribution in [3.8, 4) is 23.0 Å². The molecule has 0 fully saturated rings. The van der Waals surface area contributed by atoms with E-state index in [1.807, 2.05) is 31.2 Å². The van der Waals surface area contributed by atoms with Gasteiger partial charge in [-0.15, -0.1) is 0 Å². The number of rotatable bonds is 8. The minimum atomic E-state index is -0.707. The molecule has 1 atom stereocenters. The second-order valence-electron chi connectivity index (χ2n) is 7.55. The van der Waals surface area contributed by atoms with Crippen molar-refractivity contribution in [2.24, 2.45) is 0 Å². The van der Waals surface area contributed by atoms with Crippen LogP contribution in [0.15, 0.2) is 60.8 Å². The zero-order valence-electron chi connectivity index (χ0n) is 20.1. The Hall–Kier alpha value is -4.27. The number of aryl methyl sites for hydroxylation is 1. The van der Waals surface area contributed by atoms with Gasteiger partial charge in [-0.25, -0.2) is 4.98 Å². The highest BCUT2D eigenvalue weighted by Gasteiger charge is 2.19. The van der Waals surface area contributed by atoms with E-state index in [4.69, 9.17) is 19.3 Å². The number of carbonyl (C=O) groups excluding carboxylic acids is 2. The number of aromatic nitrogens is 1. The van der Waals surface area contributed by atoms with Crippen LogP contribution in [0.25, 0.3) is 0 Å². The second-order valence-corrected chi connectivity index (χ2v) is 7.55. The summed E-state index contributed by atoms with van der Waals surface area (Å²) in [5, 5.41) is 20.9. The van der Waals surface area contributed by atoms with E-state index < -0.39 is 23.7 Å². The smallest absolute Gasteiger partial charge is 0.325 e. The number of hydrogen-bond donors (Lipinski definition) is 3. The van der Waals surface area contributed by atoms with Gasteiger partial charge in [0, 0.05) is 18.7 Å². The molecule has 9 nitrogen and oxygen atoms in total. The molecule has 1 unspecified atom stereocenters. The first-order valence-electron chi connectivity index (χ1n) is 10.8. The number of hydrogen-bond acceptors (Lipinski definition) is 8. The number of carbonyl (C=O) groups is 2. The number of pyridine rings is 1. The maximum Gasteiger partial charge on any atom is 0.325 e. The third kappa shape index (κ3) is 8.54. The van der Waals surface area contributed by atoms with Crippen molar-refractivity contribution in [3.05, 3.63) is 77.6 Å². The summed E-state index contributed by atoms with van der Waals surface area (Å²) in [6.07, 6.45) is 1.38. The van der Waals surface area contributed by atoms with E-state index in [2.05, 4.69) is 10.3 Å². The maximum absolute atomic E-state index is 12.1. The van der Waals surface area contributed by atoms with Gasteiger partial charge in [-0.1, -0.05) is 30.3 Å². The highest BCUT2D eigenvalue weighted by molar-refractivity contribution is 5.97. The van der Waals surface area contributed by atoms with Crippen molar-refractivity contribution in [2.45, 2.75) is 26.4 Å². The summed E-state index contributed by atoms with van der Waals surface area (Å²) >= 11 is 0. The topological polar surface area (TPSA) is 127 Å². The van der Waals surface area contributed by atoms with Crippen molar-refractivity contribution in [2.75, 3.05) is 20.8 Å². The van der Waals surface area contributed by atoms with Crippen molar-refractivity contribution < 1.29 is 34.0 Å². The molecular weight excluding hydrogens is 452 g/mol. The van der Waals surface area contributed by atoms with E-state index in [1.54, 1.807) is 38.3 Å². The van der Waals surface area contributed by atoms with Crippen molar-refractivity contribution in [1.82, 2.24) is 10.3 Å². The predicted octanol–water partition coefficient (Wildman–Crippen LogP) is 3.41. The van der Waals surface area contributed by atoms with Gasteiger partial charge in [0.1, 0.15) is 24.1 Å². The number of para-hydroxylation sites is 1. The van der Waals surface area contributed by atoms with Gasteiger partial charge in [0.15, 0.2) is 17.2 Å². The van der Waals surface area contributed by atoms with Gasteiger partial charge in [-0.2, -0.15) is 0 Å². The first-order valence-corrected chi connectivity index (χ1v) is 10.8. The number of methoxy groups -OCH3 is 2. The zero-order chi connectivity index (χ0) is 25.8. The van der Waals surface area contributed by atoms with E-state index in [9.17, 15) is 14.7 Å². The Morgan fingerprint density at radius 1 is 1.00 bits per heavy atom. The van der Waals surface area contributed by atoms with E-state index in [0.717, 1.165) is 16.9 Å². The van der Waals surface area contributed by atoms with Crippen molar-refractivity contribution in [1.29, 1.82) is 0 Å². The highest BCUT2D eigenvalue weighted by atomic mass is 16.5. The Balaban J connectivity index is 0.000000527. The fraction of sp³-hybridized carbons (Fsp3) is 0.269. The molecule has 0 aliphatic heterocycles. The zero-order valence-corrected chi connectivity index (χ0v) is 20.1. The molecule has 186 valence electrons. The molecule has 0 aliphatic carbocycles. The van der Waals surface area contributed by atoms with Gasteiger partial charge >= 0.3 is 5.97 Å². The molecule has 1 heterocycles. The molecule has 0 aliphatic rings. The van der Waals surface area contributed by atoms with E-state index >= 15 is 0 Å². The van der Waals surface area contributed by atoms with Crippen LogP contribution in [0.1, 0.15) is 28.5 Å². The molecule has 3 rings (SSSR count). The summed E-state index contributed by atoms with van der Waals surface area (Å²) in [4.78, 5) is 27.9. The molecule has 35 heavy (non-hydrogen) atoms. The molecule has 0 radical (unpaired) electrons. The summed E-state index contributed by atoms with van der Waals surface area (Å²) in [6, 6.07) is 15.9. The number of aromatic hydroxyl groups is 2. The summed E-state index contributed by atoms with van der Waals surface area (Å²) in [6.45, 7) is 3.37. The highest BCUT2D eigenvalue weighted by Crippen LogP contribution is 2.27. The number of amides is 1. The Kier molecular flexibility index (Phi) is 10.4. The van der Waals surface area contributed by atoms with Crippen LogP contribution < -0.4 is 14.8 Å². The molecular formula is C26H30N2O7. The lowest BCUT2D eigenvalue weighted by Gasteiger charge is -2.16. The Labute approximate surface area is 204 Å². The first kappa shape index (κ1) is 27.0. The number of nitrogens with zero attached hydrogens (tertiary/aromatic N) is 1. The Morgan fingerprint density at radius 2 is 1.69 bits per heavy atom. The van der Waals surface area contributed by atoms with Gasteiger partial charge < -0.3 is 29.7 Å². The maximum atomic E-state index is 12.1. The normalized spacial score (nSPS) is 10.9. The van der Waals surface area contributed by atoms with E-state index in [1.165, 1.54) is 19.4 Å². The van der Waals surface area contributed by atoms with Crippen molar-refractivity contribution in [3.63, 3.8) is 0 Å². The van der Waals surface area contributed by atoms with Crippen LogP contribution in [0, 0.1) is 6.92 Å². The van der Waals surface area contributed by atoms with Crippen LogP contribution in [0.2, 0.25) is 0 Å². The number of nitrogens with one attached hydrogen (secondary N) is 1. The van der Waals surface area contributed by atoms with Gasteiger partial charge in [0.25, 0.3) is 5.91 Å². The minimum absolute atomic E-state index is 0.114. The van der Waals surface area contributed by atoms with Crippen LogP contribution >= 0.6 is 0 Å². The second kappa shape index (κ2) is 13.4. The monoisotopic (exact) mass is 482 g/mol. The molecule has 3 N–H and O–H groups in total. The molecule has 2 aromatic carbocycles. The quantitative estimate of drug-likeness (QED) is 0.417. The van der Waals surface area contributed by atoms with Crippen LogP contribution in [-0.4, -0.2) is 53.9 Å². The summed E-state index contributed by atoms with van der Waals surface area (Å²) in [7, 11) is 2.95. The third-order valence-corrected chi connectivity index (χ3v) is 4.75. The van der Waals surface area contributed by atoms with Crippen LogP contribution in [-0.2, 0) is 16.0 Å². The molecule has 0 spiro atoms. The molecule has 0 bridgehead atoms. The van der Waals surface area contributed by atoms with Crippen LogP contribution in [0.4, 0.5) is 0 Å². The molecule has 0 saturated heterocycles. The Bertz CT molecular complexity index is 1120. The van der Waals surface area contributed by atoms with E-state index in [0.29, 0.717) is 12.2 Å². The molecule has 1 aromatic heterocycles. The van der Waals surface area contributed by atoms with Gasteiger partial charge in [-0.05, 0) is 43.2 Å². The SMILES string of the molecule is COc1cc(C)ccc1CC(C)OC(=O)CNC(=O)c1nccc(OC)c1O.Oc1ccccc1. The van der Waals surface area contributed by atoms with Gasteiger partial charge in [-0.3, -0.25) is 9.59 Å². The largest absolute Gasteiger partial charge is 0.508 e. The number of esters is 1. The van der Waals surface area contributed by atoms with Crippen molar-refractivity contribution >= 4 is 11.9 Å². The van der Waals surface area contributed by atoms with Gasteiger partial charge in [0.05, 0.1) is 14.2 Å². The van der Waals surface area contributed by atoms with Gasteiger partial charge in [0.2, 0.25) is 0 Å². The molecule has 9 heteroatoms. The molecule has 3 aromatic rings. The van der Waals surface area contributed by atoms with Crippen LogP contribution in [0.5, 0.6) is 23.0 Å². The summed E-state index contributed by atoms with van der Waals surface area (Å²) in [5.74, 6) is -0.534. The fourth-order valence-electron chi connectivity index (χ4n) is 3.07. The number of phenolic OH excluding ortho intramolecular Hbond substituents is 1. The average molecular weight is 483 g/mol.